The molecule has 0 atom stereocenters. The van der Waals surface area contributed by atoms with E-state index in [1.54, 1.807) is 18.2 Å². The number of benzene rings is 1. The summed E-state index contributed by atoms with van der Waals surface area (Å²) in [5, 5.41) is 8.69. The predicted molar refractivity (Wildman–Crippen MR) is 74.8 cm³/mol. The summed E-state index contributed by atoms with van der Waals surface area (Å²) < 4.78 is 5.17. The fourth-order valence-electron chi connectivity index (χ4n) is 2.26. The standard InChI is InChI=1S/C15H17NO4/c1-20-13-6-4-12(10-11(13)5-7-14(17)18)15(19)16-8-2-3-9-16/h4-7,10H,2-3,8-9H2,1H3,(H,17,18). The molecule has 0 unspecified atom stereocenters. The van der Waals surface area contributed by atoms with E-state index in [4.69, 9.17) is 9.84 Å². The minimum absolute atomic E-state index is 0.0184. The number of amides is 1. The molecule has 0 spiro atoms. The molecule has 0 bridgehead atoms. The molecular formula is C15H17NO4. The van der Waals surface area contributed by atoms with Crippen LogP contribution in [-0.4, -0.2) is 42.1 Å². The normalized spacial score (nSPS) is 14.8. The van der Waals surface area contributed by atoms with Crippen molar-refractivity contribution in [2.75, 3.05) is 20.2 Å². The highest BCUT2D eigenvalue weighted by Gasteiger charge is 2.20. The van der Waals surface area contributed by atoms with Gasteiger partial charge < -0.3 is 14.7 Å². The number of carbonyl (C=O) groups is 2. The van der Waals surface area contributed by atoms with E-state index >= 15 is 0 Å². The van der Waals surface area contributed by atoms with Crippen molar-refractivity contribution in [3.05, 3.63) is 35.4 Å². The van der Waals surface area contributed by atoms with E-state index in [2.05, 4.69) is 0 Å². The van der Waals surface area contributed by atoms with Crippen molar-refractivity contribution in [1.29, 1.82) is 0 Å². The van der Waals surface area contributed by atoms with Gasteiger partial charge in [-0.3, -0.25) is 4.79 Å². The van der Waals surface area contributed by atoms with E-state index < -0.39 is 5.97 Å². The molecule has 1 fully saturated rings. The van der Waals surface area contributed by atoms with E-state index in [-0.39, 0.29) is 5.91 Å². The first kappa shape index (κ1) is 14.1. The van der Waals surface area contributed by atoms with Gasteiger partial charge in [0.2, 0.25) is 0 Å². The zero-order valence-electron chi connectivity index (χ0n) is 11.3. The molecule has 1 aliphatic rings. The van der Waals surface area contributed by atoms with Gasteiger partial charge in [-0.2, -0.15) is 0 Å². The van der Waals surface area contributed by atoms with Gasteiger partial charge in [0.1, 0.15) is 5.75 Å². The minimum Gasteiger partial charge on any atom is -0.496 e. The van der Waals surface area contributed by atoms with Crippen LogP contribution in [0.3, 0.4) is 0 Å². The smallest absolute Gasteiger partial charge is 0.328 e. The van der Waals surface area contributed by atoms with Crippen molar-refractivity contribution < 1.29 is 19.4 Å². The second kappa shape index (κ2) is 6.23. The number of carboxylic acids is 1. The van der Waals surface area contributed by atoms with Crippen LogP contribution in [0.5, 0.6) is 5.75 Å². The number of carbonyl (C=O) groups excluding carboxylic acids is 1. The summed E-state index contributed by atoms with van der Waals surface area (Å²) in [6.07, 6.45) is 4.53. The molecule has 0 aliphatic carbocycles. The number of hydrogen-bond donors (Lipinski definition) is 1. The first-order valence-corrected chi connectivity index (χ1v) is 6.50. The molecule has 20 heavy (non-hydrogen) atoms. The third-order valence-corrected chi connectivity index (χ3v) is 3.28. The summed E-state index contributed by atoms with van der Waals surface area (Å²) >= 11 is 0. The van der Waals surface area contributed by atoms with Gasteiger partial charge in [0.25, 0.3) is 5.91 Å². The zero-order valence-corrected chi connectivity index (χ0v) is 11.3. The number of carboxylic acid groups (broad SMARTS) is 1. The number of nitrogens with zero attached hydrogens (tertiary/aromatic N) is 1. The van der Waals surface area contributed by atoms with Crippen molar-refractivity contribution >= 4 is 18.0 Å². The number of hydrogen-bond acceptors (Lipinski definition) is 3. The summed E-state index contributed by atoms with van der Waals surface area (Å²) in [4.78, 5) is 24.7. The van der Waals surface area contributed by atoms with Crippen LogP contribution in [0.25, 0.3) is 6.08 Å². The molecule has 0 aromatic heterocycles. The molecule has 1 aromatic carbocycles. The number of likely N-dealkylation sites (tertiary alicyclic amines) is 1. The number of methoxy groups -OCH3 is 1. The molecule has 1 N–H and O–H groups in total. The Morgan fingerprint density at radius 2 is 2.00 bits per heavy atom. The van der Waals surface area contributed by atoms with Crippen LogP contribution >= 0.6 is 0 Å². The second-order valence-corrected chi connectivity index (χ2v) is 4.63. The molecule has 1 aliphatic heterocycles. The van der Waals surface area contributed by atoms with Crippen molar-refractivity contribution in [2.24, 2.45) is 0 Å². The van der Waals surface area contributed by atoms with E-state index in [0.717, 1.165) is 32.0 Å². The van der Waals surface area contributed by atoms with Crippen LogP contribution in [0.1, 0.15) is 28.8 Å². The van der Waals surface area contributed by atoms with Crippen LogP contribution in [0.4, 0.5) is 0 Å². The summed E-state index contributed by atoms with van der Waals surface area (Å²) in [5.74, 6) is -0.515. The van der Waals surface area contributed by atoms with Gasteiger partial charge in [0.05, 0.1) is 7.11 Å². The van der Waals surface area contributed by atoms with Crippen LogP contribution < -0.4 is 4.74 Å². The van der Waals surface area contributed by atoms with Gasteiger partial charge in [-0.05, 0) is 37.1 Å². The Morgan fingerprint density at radius 3 is 2.60 bits per heavy atom. The largest absolute Gasteiger partial charge is 0.496 e. The topological polar surface area (TPSA) is 66.8 Å². The average molecular weight is 275 g/mol. The lowest BCUT2D eigenvalue weighted by Crippen LogP contribution is -2.27. The van der Waals surface area contributed by atoms with Gasteiger partial charge in [-0.1, -0.05) is 0 Å². The molecular weight excluding hydrogens is 258 g/mol. The third kappa shape index (κ3) is 3.17. The second-order valence-electron chi connectivity index (χ2n) is 4.63. The fourth-order valence-corrected chi connectivity index (χ4v) is 2.26. The van der Waals surface area contributed by atoms with Gasteiger partial charge in [0.15, 0.2) is 0 Å². The van der Waals surface area contributed by atoms with Crippen LogP contribution in [0.2, 0.25) is 0 Å². The Bertz CT molecular complexity index is 545. The van der Waals surface area contributed by atoms with Gasteiger partial charge in [0, 0.05) is 30.3 Å². The van der Waals surface area contributed by atoms with Crippen molar-refractivity contribution in [1.82, 2.24) is 4.90 Å². The lowest BCUT2D eigenvalue weighted by molar-refractivity contribution is -0.131. The van der Waals surface area contributed by atoms with Crippen molar-refractivity contribution in [3.63, 3.8) is 0 Å². The molecule has 0 saturated carbocycles. The monoisotopic (exact) mass is 275 g/mol. The predicted octanol–water partition coefficient (Wildman–Crippen LogP) is 2.03. The SMILES string of the molecule is COc1ccc(C(=O)N2CCCC2)cc1C=CC(=O)O. The van der Waals surface area contributed by atoms with E-state index in [1.165, 1.54) is 13.2 Å². The minimum atomic E-state index is -1.04. The fraction of sp³-hybridized carbons (Fsp3) is 0.333. The van der Waals surface area contributed by atoms with Crippen LogP contribution in [0.15, 0.2) is 24.3 Å². The van der Waals surface area contributed by atoms with Crippen LogP contribution in [-0.2, 0) is 4.79 Å². The highest BCUT2D eigenvalue weighted by molar-refractivity contribution is 5.95. The Balaban J connectivity index is 2.28. The Hall–Kier alpha value is -2.30. The molecule has 5 nitrogen and oxygen atoms in total. The molecule has 1 amide bonds. The highest BCUT2D eigenvalue weighted by atomic mass is 16.5. The molecule has 106 valence electrons. The Kier molecular flexibility index (Phi) is 4.40. The molecule has 1 heterocycles. The summed E-state index contributed by atoms with van der Waals surface area (Å²) in [6, 6.07) is 5.06. The van der Waals surface area contributed by atoms with Gasteiger partial charge in [-0.15, -0.1) is 0 Å². The zero-order chi connectivity index (χ0) is 14.5. The third-order valence-electron chi connectivity index (χ3n) is 3.28. The van der Waals surface area contributed by atoms with E-state index in [0.29, 0.717) is 16.9 Å². The molecule has 5 heteroatoms. The van der Waals surface area contributed by atoms with Crippen molar-refractivity contribution in [3.8, 4) is 5.75 Å². The maximum absolute atomic E-state index is 12.3. The van der Waals surface area contributed by atoms with Crippen LogP contribution in [0, 0.1) is 0 Å². The lowest BCUT2D eigenvalue weighted by atomic mass is 10.1. The Morgan fingerprint density at radius 1 is 1.30 bits per heavy atom. The quantitative estimate of drug-likeness (QED) is 0.854. The van der Waals surface area contributed by atoms with E-state index in [9.17, 15) is 9.59 Å². The summed E-state index contributed by atoms with van der Waals surface area (Å²) in [7, 11) is 1.51. The first-order valence-electron chi connectivity index (χ1n) is 6.50. The number of aliphatic carboxylic acids is 1. The molecule has 0 radical (unpaired) electrons. The highest BCUT2D eigenvalue weighted by Crippen LogP contribution is 2.23. The van der Waals surface area contributed by atoms with Gasteiger partial charge in [-0.25, -0.2) is 4.79 Å². The lowest BCUT2D eigenvalue weighted by Gasteiger charge is -2.16. The number of ether oxygens (including phenoxy) is 1. The first-order chi connectivity index (χ1) is 9.61. The maximum atomic E-state index is 12.3. The van der Waals surface area contributed by atoms with Gasteiger partial charge >= 0.3 is 5.97 Å². The maximum Gasteiger partial charge on any atom is 0.328 e. The molecule has 2 rings (SSSR count). The molecule has 1 aromatic rings. The van der Waals surface area contributed by atoms with Crippen molar-refractivity contribution in [2.45, 2.75) is 12.8 Å². The molecule has 1 saturated heterocycles. The van der Waals surface area contributed by atoms with E-state index in [1.807, 2.05) is 4.90 Å². The summed E-state index contributed by atoms with van der Waals surface area (Å²) in [6.45, 7) is 1.57. The number of rotatable bonds is 4. The average Bonchev–Trinajstić information content (AvgIpc) is 2.98. The Labute approximate surface area is 117 Å². The summed E-state index contributed by atoms with van der Waals surface area (Å²) in [5.41, 5.74) is 1.14.